The van der Waals surface area contributed by atoms with E-state index in [2.05, 4.69) is 50.4 Å². The number of carbonyl (C=O) groups excluding carboxylic acids is 2. The highest BCUT2D eigenvalue weighted by atomic mass is 28.4. The second-order valence-electron chi connectivity index (χ2n) is 14.9. The number of benzene rings is 3. The molecular weight excluding hydrogens is 667 g/mol. The molecule has 1 amide bonds. The zero-order valence-electron chi connectivity index (χ0n) is 30.3. The van der Waals surface area contributed by atoms with Gasteiger partial charge in [-0.2, -0.15) is 0 Å². The molecule has 51 heavy (non-hydrogen) atoms. The van der Waals surface area contributed by atoms with Crippen LogP contribution in [0.2, 0.25) is 5.04 Å². The molecule has 6 rings (SSSR count). The molecule has 5 atom stereocenters. The largest absolute Gasteiger partial charge is 0.469 e. The molecular formula is C40H49NO9Si. The van der Waals surface area contributed by atoms with E-state index in [0.717, 1.165) is 15.9 Å². The van der Waals surface area contributed by atoms with Crippen molar-refractivity contribution in [2.75, 3.05) is 27.1 Å². The van der Waals surface area contributed by atoms with Crippen LogP contribution < -0.4 is 15.7 Å². The van der Waals surface area contributed by atoms with E-state index in [1.54, 1.807) is 0 Å². The summed E-state index contributed by atoms with van der Waals surface area (Å²) in [5.74, 6) is -2.02. The average Bonchev–Trinajstić information content (AvgIpc) is 3.47. The first-order valence-corrected chi connectivity index (χ1v) is 19.4. The van der Waals surface area contributed by atoms with Crippen molar-refractivity contribution in [1.82, 2.24) is 5.32 Å². The van der Waals surface area contributed by atoms with Crippen LogP contribution in [0, 0.1) is 5.92 Å². The SMILES string of the molecule is COC(=O)C[C@]12NC(=O)O[C@H](C(CO[Si](c3ccccc3)(c3ccccc3)C(C)(C)C)=C[C@H]1OCOCc1ccccc1)[C@@H]2[C@H]1COC(C)(C)O1. The number of carbonyl (C=O) groups is 2. The molecule has 2 heterocycles. The molecule has 3 aromatic carbocycles. The highest BCUT2D eigenvalue weighted by Crippen LogP contribution is 2.48. The monoisotopic (exact) mass is 715 g/mol. The third-order valence-corrected chi connectivity index (χ3v) is 15.1. The van der Waals surface area contributed by atoms with Gasteiger partial charge in [0.2, 0.25) is 0 Å². The van der Waals surface area contributed by atoms with Crippen LogP contribution in [0.5, 0.6) is 0 Å². The number of hydrogen-bond donors (Lipinski definition) is 1. The lowest BCUT2D eigenvalue weighted by Crippen LogP contribution is -2.74. The van der Waals surface area contributed by atoms with E-state index in [0.29, 0.717) is 12.2 Å². The maximum atomic E-state index is 13.5. The van der Waals surface area contributed by atoms with Gasteiger partial charge in [-0.3, -0.25) is 4.79 Å². The van der Waals surface area contributed by atoms with Gasteiger partial charge in [-0.1, -0.05) is 112 Å². The summed E-state index contributed by atoms with van der Waals surface area (Å²) in [6, 6.07) is 30.5. The summed E-state index contributed by atoms with van der Waals surface area (Å²) in [7, 11) is -1.68. The molecule has 0 unspecified atom stereocenters. The molecule has 1 N–H and O–H groups in total. The maximum absolute atomic E-state index is 13.5. The molecule has 10 nitrogen and oxygen atoms in total. The molecule has 1 aliphatic carbocycles. The predicted octanol–water partition coefficient (Wildman–Crippen LogP) is 5.24. The Kier molecular flexibility index (Phi) is 10.9. The van der Waals surface area contributed by atoms with Crippen molar-refractivity contribution in [2.45, 2.75) is 82.3 Å². The van der Waals surface area contributed by atoms with E-state index in [-0.39, 0.29) is 31.5 Å². The van der Waals surface area contributed by atoms with Gasteiger partial charge < -0.3 is 38.2 Å². The quantitative estimate of drug-likeness (QED) is 0.0836. The Balaban J connectivity index is 1.43. The summed E-state index contributed by atoms with van der Waals surface area (Å²) in [6.07, 6.45) is -1.16. The van der Waals surface area contributed by atoms with Crippen molar-refractivity contribution in [2.24, 2.45) is 5.92 Å². The summed E-state index contributed by atoms with van der Waals surface area (Å²) >= 11 is 0. The van der Waals surface area contributed by atoms with Crippen LogP contribution >= 0.6 is 0 Å². The summed E-state index contributed by atoms with van der Waals surface area (Å²) in [4.78, 5) is 26.7. The number of alkyl carbamates (subject to hydrolysis) is 1. The second-order valence-corrected chi connectivity index (χ2v) is 19.2. The second kappa shape index (κ2) is 15.0. The van der Waals surface area contributed by atoms with Crippen molar-refractivity contribution in [3.05, 3.63) is 108 Å². The van der Waals surface area contributed by atoms with Gasteiger partial charge in [0.25, 0.3) is 8.32 Å². The molecule has 0 radical (unpaired) electrons. The number of fused-ring (bicyclic) bond motifs is 2. The van der Waals surface area contributed by atoms with E-state index in [4.69, 9.17) is 32.8 Å². The number of esters is 1. The topological polar surface area (TPSA) is 111 Å². The number of rotatable bonds is 13. The van der Waals surface area contributed by atoms with Crippen molar-refractivity contribution in [3.63, 3.8) is 0 Å². The van der Waals surface area contributed by atoms with Crippen LogP contribution in [0.4, 0.5) is 4.79 Å². The third kappa shape index (κ3) is 7.55. The number of nitrogens with one attached hydrogen (secondary N) is 1. The van der Waals surface area contributed by atoms with Crippen LogP contribution in [0.1, 0.15) is 46.6 Å². The van der Waals surface area contributed by atoms with Gasteiger partial charge in [0.1, 0.15) is 19.0 Å². The fourth-order valence-corrected chi connectivity index (χ4v) is 12.4. The lowest BCUT2D eigenvalue weighted by Gasteiger charge is -2.55. The standard InChI is InChI=1S/C40H49NO9Si/c1-38(2,3)51(30-18-12-8-13-19-30,31-20-14-9-15-21-31)48-25-29-22-33(46-27-45-24-28-16-10-7-11-17-28)40(23-34(42)44-6)35(36(29)49-37(43)41-40)32-26-47-39(4,5)50-32/h7-22,32-33,35-36H,23-27H2,1-6H3,(H,41,43)/t32-,33-,35+,36-,40+/m1/s1. The van der Waals surface area contributed by atoms with Crippen molar-refractivity contribution in [1.29, 1.82) is 0 Å². The van der Waals surface area contributed by atoms with Gasteiger partial charge in [0, 0.05) is 0 Å². The Labute approximate surface area is 301 Å². The summed E-state index contributed by atoms with van der Waals surface area (Å²) < 4.78 is 43.7. The summed E-state index contributed by atoms with van der Waals surface area (Å²) in [6.45, 7) is 10.9. The van der Waals surface area contributed by atoms with E-state index in [1.807, 2.05) is 86.7 Å². The Morgan fingerprint density at radius 2 is 1.53 bits per heavy atom. The minimum Gasteiger partial charge on any atom is -0.469 e. The first kappa shape index (κ1) is 36.9. The fraction of sp³-hybridized carbons (Fsp3) is 0.450. The van der Waals surface area contributed by atoms with Crippen LogP contribution in [0.3, 0.4) is 0 Å². The van der Waals surface area contributed by atoms with Gasteiger partial charge >= 0.3 is 12.1 Å². The minimum atomic E-state index is -3.00. The number of amides is 1. The van der Waals surface area contributed by atoms with Crippen molar-refractivity contribution < 1.29 is 42.4 Å². The molecule has 0 aromatic heterocycles. The molecule has 2 aliphatic heterocycles. The summed E-state index contributed by atoms with van der Waals surface area (Å²) in [5, 5.41) is 4.95. The Bertz CT molecular complexity index is 1640. The number of ether oxygens (including phenoxy) is 6. The van der Waals surface area contributed by atoms with E-state index in [1.165, 1.54) is 7.11 Å². The summed E-state index contributed by atoms with van der Waals surface area (Å²) in [5.41, 5.74) is 0.392. The highest BCUT2D eigenvalue weighted by molar-refractivity contribution is 6.99. The molecule has 11 heteroatoms. The highest BCUT2D eigenvalue weighted by Gasteiger charge is 2.64. The maximum Gasteiger partial charge on any atom is 0.408 e. The van der Waals surface area contributed by atoms with E-state index < -0.39 is 55.9 Å². The normalized spacial score (nSPS) is 25.8. The lowest BCUT2D eigenvalue weighted by atomic mass is 9.65. The zero-order chi connectivity index (χ0) is 36.3. The van der Waals surface area contributed by atoms with Crippen LogP contribution in [0.25, 0.3) is 0 Å². The molecule has 0 saturated carbocycles. The van der Waals surface area contributed by atoms with Gasteiger partial charge in [0.05, 0.1) is 50.9 Å². The van der Waals surface area contributed by atoms with Gasteiger partial charge in [-0.15, -0.1) is 0 Å². The predicted molar refractivity (Wildman–Crippen MR) is 194 cm³/mol. The van der Waals surface area contributed by atoms with E-state index >= 15 is 0 Å². The average molecular weight is 716 g/mol. The van der Waals surface area contributed by atoms with E-state index in [9.17, 15) is 9.59 Å². The Morgan fingerprint density at radius 1 is 0.922 bits per heavy atom. The Hall–Kier alpha value is -3.84. The molecule has 3 aliphatic rings. The number of hydrogen-bond acceptors (Lipinski definition) is 9. The zero-order valence-corrected chi connectivity index (χ0v) is 31.3. The van der Waals surface area contributed by atoms with Crippen LogP contribution in [-0.2, 0) is 44.2 Å². The molecule has 2 bridgehead atoms. The third-order valence-electron chi connectivity index (χ3n) is 10.1. The number of methoxy groups -OCH3 is 1. The van der Waals surface area contributed by atoms with Crippen molar-refractivity contribution >= 4 is 30.8 Å². The van der Waals surface area contributed by atoms with Crippen molar-refractivity contribution in [3.8, 4) is 0 Å². The fourth-order valence-electron chi connectivity index (χ4n) is 7.89. The van der Waals surface area contributed by atoms with Crippen LogP contribution in [0.15, 0.2) is 103 Å². The molecule has 3 aromatic rings. The van der Waals surface area contributed by atoms with Gasteiger partial charge in [-0.25, -0.2) is 4.79 Å². The molecule has 2 saturated heterocycles. The van der Waals surface area contributed by atoms with Gasteiger partial charge in [0.15, 0.2) is 5.79 Å². The van der Waals surface area contributed by atoms with Crippen LogP contribution in [-0.4, -0.2) is 77.1 Å². The van der Waals surface area contributed by atoms with Gasteiger partial charge in [-0.05, 0) is 46.5 Å². The lowest BCUT2D eigenvalue weighted by molar-refractivity contribution is -0.186. The first-order chi connectivity index (χ1) is 24.4. The Morgan fingerprint density at radius 3 is 2.08 bits per heavy atom. The first-order valence-electron chi connectivity index (χ1n) is 17.4. The molecule has 2 fully saturated rings. The molecule has 272 valence electrons. The minimum absolute atomic E-state index is 0.108. The molecule has 0 spiro atoms. The smallest absolute Gasteiger partial charge is 0.408 e.